The zero-order chi connectivity index (χ0) is 12.9. The zero-order valence-corrected chi connectivity index (χ0v) is 12.2. The Labute approximate surface area is 115 Å². The smallest absolute Gasteiger partial charge is 0.258 e. The lowest BCUT2D eigenvalue weighted by atomic mass is 10.1. The molecular weight excluding hydrogens is 331 g/mol. The van der Waals surface area contributed by atoms with Gasteiger partial charge in [-0.2, -0.15) is 0 Å². The van der Waals surface area contributed by atoms with Crippen molar-refractivity contribution in [3.05, 3.63) is 27.8 Å². The first-order valence-corrected chi connectivity index (χ1v) is 6.39. The van der Waals surface area contributed by atoms with E-state index in [0.717, 1.165) is 3.57 Å². The molecular formula is C12H17IN2O2. The van der Waals surface area contributed by atoms with Gasteiger partial charge in [-0.1, -0.05) is 0 Å². The Hall–Kier alpha value is -0.820. The first-order chi connectivity index (χ1) is 7.87. The van der Waals surface area contributed by atoms with Gasteiger partial charge in [0, 0.05) is 15.7 Å². The molecule has 0 radical (unpaired) electrons. The molecule has 3 N–H and O–H groups in total. The molecule has 1 rings (SSSR count). The fourth-order valence-corrected chi connectivity index (χ4v) is 1.42. The molecule has 0 fully saturated rings. The summed E-state index contributed by atoms with van der Waals surface area (Å²) in [5, 5.41) is 2.71. The van der Waals surface area contributed by atoms with E-state index in [1.165, 1.54) is 0 Å². The highest BCUT2D eigenvalue weighted by atomic mass is 127. The topological polar surface area (TPSA) is 64.3 Å². The molecule has 0 aliphatic carbocycles. The number of hydrogen-bond donors (Lipinski definition) is 2. The average Bonchev–Trinajstić information content (AvgIpc) is 2.25. The van der Waals surface area contributed by atoms with E-state index in [0.29, 0.717) is 12.3 Å². The maximum Gasteiger partial charge on any atom is 0.258 e. The molecule has 0 saturated heterocycles. The molecule has 0 spiro atoms. The summed E-state index contributed by atoms with van der Waals surface area (Å²) in [5.41, 5.74) is 5.35. The van der Waals surface area contributed by atoms with E-state index in [2.05, 4.69) is 27.9 Å². The molecule has 1 aromatic carbocycles. The highest BCUT2D eigenvalue weighted by Gasteiger charge is 2.12. The molecule has 0 atom stereocenters. The van der Waals surface area contributed by atoms with E-state index in [4.69, 9.17) is 10.5 Å². The average molecular weight is 348 g/mol. The standard InChI is InChI=1S/C12H17IN2O2/c1-12(2,14)8-15-11(16)7-17-10-5-3-9(13)4-6-10/h3-6H,7-8,14H2,1-2H3,(H,15,16). The van der Waals surface area contributed by atoms with Gasteiger partial charge >= 0.3 is 0 Å². The summed E-state index contributed by atoms with van der Waals surface area (Å²) in [4.78, 5) is 11.4. The summed E-state index contributed by atoms with van der Waals surface area (Å²) in [7, 11) is 0. The van der Waals surface area contributed by atoms with Gasteiger partial charge in [0.15, 0.2) is 6.61 Å². The van der Waals surface area contributed by atoms with Crippen LogP contribution in [-0.4, -0.2) is 24.6 Å². The predicted molar refractivity (Wildman–Crippen MR) is 75.9 cm³/mol. The summed E-state index contributed by atoms with van der Waals surface area (Å²) >= 11 is 2.21. The maximum atomic E-state index is 11.4. The molecule has 17 heavy (non-hydrogen) atoms. The van der Waals surface area contributed by atoms with Crippen molar-refractivity contribution in [2.24, 2.45) is 5.73 Å². The van der Waals surface area contributed by atoms with Crippen molar-refractivity contribution in [3.8, 4) is 5.75 Å². The Morgan fingerprint density at radius 2 is 2.00 bits per heavy atom. The minimum Gasteiger partial charge on any atom is -0.484 e. The van der Waals surface area contributed by atoms with E-state index < -0.39 is 5.54 Å². The number of ether oxygens (including phenoxy) is 1. The highest BCUT2D eigenvalue weighted by Crippen LogP contribution is 2.13. The SMILES string of the molecule is CC(C)(N)CNC(=O)COc1ccc(I)cc1. The number of hydrogen-bond acceptors (Lipinski definition) is 3. The van der Waals surface area contributed by atoms with Crippen LogP contribution in [0.1, 0.15) is 13.8 Å². The summed E-state index contributed by atoms with van der Waals surface area (Å²) < 4.78 is 6.46. The second-order valence-electron chi connectivity index (χ2n) is 4.51. The van der Waals surface area contributed by atoms with Crippen LogP contribution in [0.3, 0.4) is 0 Å². The number of nitrogens with two attached hydrogens (primary N) is 1. The zero-order valence-electron chi connectivity index (χ0n) is 10.00. The van der Waals surface area contributed by atoms with Crippen LogP contribution < -0.4 is 15.8 Å². The van der Waals surface area contributed by atoms with Crippen molar-refractivity contribution in [1.29, 1.82) is 0 Å². The van der Waals surface area contributed by atoms with Crippen LogP contribution >= 0.6 is 22.6 Å². The van der Waals surface area contributed by atoms with Crippen molar-refractivity contribution >= 4 is 28.5 Å². The largest absolute Gasteiger partial charge is 0.484 e. The van der Waals surface area contributed by atoms with Crippen LogP contribution in [0.2, 0.25) is 0 Å². The van der Waals surface area contributed by atoms with Gasteiger partial charge in [-0.05, 0) is 60.7 Å². The second-order valence-corrected chi connectivity index (χ2v) is 5.75. The second kappa shape index (κ2) is 6.20. The van der Waals surface area contributed by atoms with E-state index in [1.807, 2.05) is 38.1 Å². The van der Waals surface area contributed by atoms with Crippen LogP contribution in [0.4, 0.5) is 0 Å². The fourth-order valence-electron chi connectivity index (χ4n) is 1.06. The van der Waals surface area contributed by atoms with Gasteiger partial charge in [0.2, 0.25) is 0 Å². The normalized spacial score (nSPS) is 11.1. The highest BCUT2D eigenvalue weighted by molar-refractivity contribution is 14.1. The number of carbonyl (C=O) groups is 1. The molecule has 4 nitrogen and oxygen atoms in total. The number of rotatable bonds is 5. The maximum absolute atomic E-state index is 11.4. The van der Waals surface area contributed by atoms with Gasteiger partial charge in [-0.15, -0.1) is 0 Å². The first kappa shape index (κ1) is 14.2. The van der Waals surface area contributed by atoms with Gasteiger partial charge in [0.1, 0.15) is 5.75 Å². The molecule has 0 bridgehead atoms. The molecule has 0 heterocycles. The monoisotopic (exact) mass is 348 g/mol. The summed E-state index contributed by atoms with van der Waals surface area (Å²) in [6.07, 6.45) is 0. The molecule has 5 heteroatoms. The van der Waals surface area contributed by atoms with Gasteiger partial charge in [0.25, 0.3) is 5.91 Å². The summed E-state index contributed by atoms with van der Waals surface area (Å²) in [6, 6.07) is 7.53. The number of carbonyl (C=O) groups excluding carboxylic acids is 1. The number of nitrogens with one attached hydrogen (secondary N) is 1. The summed E-state index contributed by atoms with van der Waals surface area (Å²) in [6.45, 7) is 4.15. The third-order valence-electron chi connectivity index (χ3n) is 1.92. The Bertz CT molecular complexity index is 371. The van der Waals surface area contributed by atoms with E-state index in [9.17, 15) is 4.79 Å². The van der Waals surface area contributed by atoms with Crippen LogP contribution in [0.5, 0.6) is 5.75 Å². The predicted octanol–water partition coefficient (Wildman–Crippen LogP) is 1.52. The lowest BCUT2D eigenvalue weighted by molar-refractivity contribution is -0.123. The minimum atomic E-state index is -0.404. The Morgan fingerprint density at radius 1 is 1.41 bits per heavy atom. The van der Waals surface area contributed by atoms with Crippen LogP contribution in [0.15, 0.2) is 24.3 Å². The third kappa shape index (κ3) is 6.48. The molecule has 0 aliphatic heterocycles. The molecule has 0 aromatic heterocycles. The number of benzene rings is 1. The molecule has 0 aliphatic rings. The first-order valence-electron chi connectivity index (χ1n) is 5.31. The molecule has 1 amide bonds. The number of halogens is 1. The van der Waals surface area contributed by atoms with Crippen LogP contribution in [-0.2, 0) is 4.79 Å². The lowest BCUT2D eigenvalue weighted by Gasteiger charge is -2.18. The van der Waals surface area contributed by atoms with Crippen molar-refractivity contribution in [2.75, 3.05) is 13.2 Å². The molecule has 0 saturated carbocycles. The van der Waals surface area contributed by atoms with Crippen molar-refractivity contribution in [1.82, 2.24) is 5.32 Å². The van der Waals surface area contributed by atoms with E-state index in [-0.39, 0.29) is 12.5 Å². The van der Waals surface area contributed by atoms with Gasteiger partial charge in [-0.3, -0.25) is 4.79 Å². The Kier molecular flexibility index (Phi) is 5.20. The third-order valence-corrected chi connectivity index (χ3v) is 2.64. The quantitative estimate of drug-likeness (QED) is 0.794. The lowest BCUT2D eigenvalue weighted by Crippen LogP contribution is -2.46. The molecule has 0 unspecified atom stereocenters. The molecule has 94 valence electrons. The Balaban J connectivity index is 2.31. The summed E-state index contributed by atoms with van der Waals surface area (Å²) in [5.74, 6) is 0.523. The van der Waals surface area contributed by atoms with Crippen molar-refractivity contribution < 1.29 is 9.53 Å². The van der Waals surface area contributed by atoms with E-state index >= 15 is 0 Å². The van der Waals surface area contributed by atoms with Crippen molar-refractivity contribution in [2.45, 2.75) is 19.4 Å². The van der Waals surface area contributed by atoms with Crippen LogP contribution in [0.25, 0.3) is 0 Å². The fraction of sp³-hybridized carbons (Fsp3) is 0.417. The number of amides is 1. The van der Waals surface area contributed by atoms with E-state index in [1.54, 1.807) is 0 Å². The van der Waals surface area contributed by atoms with Crippen LogP contribution in [0, 0.1) is 3.57 Å². The minimum absolute atomic E-state index is 0.0106. The molecule has 1 aromatic rings. The van der Waals surface area contributed by atoms with Crippen molar-refractivity contribution in [3.63, 3.8) is 0 Å². The van der Waals surface area contributed by atoms with Gasteiger partial charge < -0.3 is 15.8 Å². The van der Waals surface area contributed by atoms with Gasteiger partial charge in [-0.25, -0.2) is 0 Å². The van der Waals surface area contributed by atoms with Gasteiger partial charge in [0.05, 0.1) is 0 Å². The Morgan fingerprint density at radius 3 is 2.53 bits per heavy atom.